The van der Waals surface area contributed by atoms with Gasteiger partial charge < -0.3 is 20.6 Å². The van der Waals surface area contributed by atoms with Gasteiger partial charge in [0.2, 0.25) is 11.8 Å². The molecule has 0 aromatic heterocycles. The number of rotatable bonds is 7. The van der Waals surface area contributed by atoms with Gasteiger partial charge in [-0.15, -0.1) is 0 Å². The second-order valence-corrected chi connectivity index (χ2v) is 9.17. The highest BCUT2D eigenvalue weighted by atomic mass is 16.4. The van der Waals surface area contributed by atoms with Crippen molar-refractivity contribution < 1.29 is 24.3 Å². The SMILES string of the molecule is CN1CC2(CC(CCNc3cccc(C(=O)O)c3C(=O)NC3CCC(=O)NC3=O)C2)C1. The highest BCUT2D eigenvalue weighted by Crippen LogP contribution is 2.52. The van der Waals surface area contributed by atoms with E-state index in [0.717, 1.165) is 6.42 Å². The summed E-state index contributed by atoms with van der Waals surface area (Å²) in [6, 6.07) is 3.77. The van der Waals surface area contributed by atoms with Crippen molar-refractivity contribution in [2.45, 2.75) is 38.1 Å². The number of piperidine rings is 1. The maximum absolute atomic E-state index is 12.9. The quantitative estimate of drug-likeness (QED) is 0.478. The van der Waals surface area contributed by atoms with Gasteiger partial charge >= 0.3 is 5.97 Å². The molecule has 9 heteroatoms. The predicted molar refractivity (Wildman–Crippen MR) is 113 cm³/mol. The fourth-order valence-electron chi connectivity index (χ4n) is 5.32. The number of carbonyl (C=O) groups is 4. The number of anilines is 1. The lowest BCUT2D eigenvalue weighted by Crippen LogP contribution is -2.60. The zero-order valence-electron chi connectivity index (χ0n) is 17.6. The normalized spacial score (nSPS) is 22.9. The summed E-state index contributed by atoms with van der Waals surface area (Å²) >= 11 is 0. The standard InChI is InChI=1S/C22H28N4O5/c1-26-11-22(12-26)9-13(10-22)7-8-23-15-4-2-3-14(21(30)31)18(15)20(29)24-16-5-6-17(27)25-19(16)28/h2-4,13,16,23H,5-12H2,1H3,(H,24,29)(H,30,31)(H,25,27,28). The van der Waals surface area contributed by atoms with Crippen LogP contribution in [0.25, 0.3) is 0 Å². The van der Waals surface area contributed by atoms with Crippen LogP contribution in [-0.4, -0.2) is 66.4 Å². The summed E-state index contributed by atoms with van der Waals surface area (Å²) in [5.41, 5.74) is 0.817. The van der Waals surface area contributed by atoms with Crippen molar-refractivity contribution in [3.8, 4) is 0 Å². The van der Waals surface area contributed by atoms with Crippen LogP contribution >= 0.6 is 0 Å². The summed E-state index contributed by atoms with van der Waals surface area (Å²) in [5.74, 6) is -2.17. The van der Waals surface area contributed by atoms with Gasteiger partial charge in [0, 0.05) is 31.7 Å². The smallest absolute Gasteiger partial charge is 0.336 e. The third-order valence-corrected chi connectivity index (χ3v) is 6.59. The van der Waals surface area contributed by atoms with Gasteiger partial charge in [0.15, 0.2) is 0 Å². The summed E-state index contributed by atoms with van der Waals surface area (Å²) in [6.45, 7) is 2.98. The molecule has 4 N–H and O–H groups in total. The number of nitrogens with one attached hydrogen (secondary N) is 3. The topological polar surface area (TPSA) is 128 Å². The van der Waals surface area contributed by atoms with Gasteiger partial charge in [-0.05, 0) is 56.2 Å². The fraction of sp³-hybridized carbons (Fsp3) is 0.545. The minimum Gasteiger partial charge on any atom is -0.478 e. The van der Waals surface area contributed by atoms with Gasteiger partial charge in [0.1, 0.15) is 6.04 Å². The van der Waals surface area contributed by atoms with Crippen molar-refractivity contribution >= 4 is 29.4 Å². The minimum absolute atomic E-state index is 0.00500. The third kappa shape index (κ3) is 4.41. The van der Waals surface area contributed by atoms with Crippen LogP contribution in [0.2, 0.25) is 0 Å². The number of carbonyl (C=O) groups excluding carboxylic acids is 3. The molecule has 3 aliphatic rings. The molecule has 1 atom stereocenters. The molecular formula is C22H28N4O5. The molecule has 0 radical (unpaired) electrons. The van der Waals surface area contributed by atoms with Crippen molar-refractivity contribution in [2.24, 2.45) is 11.3 Å². The second-order valence-electron chi connectivity index (χ2n) is 9.17. The molecule has 1 unspecified atom stereocenters. The van der Waals surface area contributed by atoms with Crippen LogP contribution in [0.5, 0.6) is 0 Å². The number of amides is 3. The third-order valence-electron chi connectivity index (χ3n) is 6.59. The van der Waals surface area contributed by atoms with E-state index in [1.807, 2.05) is 0 Å². The molecule has 1 aliphatic carbocycles. The van der Waals surface area contributed by atoms with Crippen molar-refractivity contribution in [2.75, 3.05) is 32.0 Å². The highest BCUT2D eigenvalue weighted by Gasteiger charge is 2.50. The first kappa shape index (κ1) is 21.3. The Kier molecular flexibility index (Phi) is 5.70. The number of imide groups is 1. The first-order chi connectivity index (χ1) is 14.8. The van der Waals surface area contributed by atoms with E-state index >= 15 is 0 Å². The summed E-state index contributed by atoms with van der Waals surface area (Å²) in [5, 5.41) is 17.6. The van der Waals surface area contributed by atoms with E-state index in [9.17, 15) is 24.3 Å². The van der Waals surface area contributed by atoms with Gasteiger partial charge in [0.05, 0.1) is 11.1 Å². The highest BCUT2D eigenvalue weighted by molar-refractivity contribution is 6.10. The Morgan fingerprint density at radius 2 is 2.00 bits per heavy atom. The molecule has 2 saturated heterocycles. The maximum atomic E-state index is 12.9. The van der Waals surface area contributed by atoms with Crippen LogP contribution in [0.15, 0.2) is 18.2 Å². The number of hydrogen-bond acceptors (Lipinski definition) is 6. The molecule has 2 aliphatic heterocycles. The Bertz CT molecular complexity index is 916. The van der Waals surface area contributed by atoms with Gasteiger partial charge in [-0.3, -0.25) is 19.7 Å². The number of nitrogens with zero attached hydrogens (tertiary/aromatic N) is 1. The molecule has 3 fully saturated rings. The van der Waals surface area contributed by atoms with E-state index in [2.05, 4.69) is 27.9 Å². The molecule has 4 rings (SSSR count). The number of aromatic carboxylic acids is 1. The lowest BCUT2D eigenvalue weighted by molar-refractivity contribution is -0.134. The first-order valence-electron chi connectivity index (χ1n) is 10.7. The summed E-state index contributed by atoms with van der Waals surface area (Å²) in [6.07, 6.45) is 3.71. The average molecular weight is 428 g/mol. The van der Waals surface area contributed by atoms with Crippen molar-refractivity contribution in [1.82, 2.24) is 15.5 Å². The van der Waals surface area contributed by atoms with Crippen molar-refractivity contribution in [3.63, 3.8) is 0 Å². The van der Waals surface area contributed by atoms with Gasteiger partial charge in [-0.25, -0.2) is 4.79 Å². The number of carboxylic acid groups (broad SMARTS) is 1. The van der Waals surface area contributed by atoms with E-state index < -0.39 is 23.8 Å². The van der Waals surface area contributed by atoms with Crippen molar-refractivity contribution in [1.29, 1.82) is 0 Å². The fourth-order valence-corrected chi connectivity index (χ4v) is 5.32. The van der Waals surface area contributed by atoms with Gasteiger partial charge in [-0.2, -0.15) is 0 Å². The van der Waals surface area contributed by atoms with Crippen LogP contribution < -0.4 is 16.0 Å². The number of carboxylic acids is 1. The number of hydrogen-bond donors (Lipinski definition) is 4. The second kappa shape index (κ2) is 8.30. The molecule has 3 amide bonds. The lowest BCUT2D eigenvalue weighted by Gasteiger charge is -2.58. The number of likely N-dealkylation sites (tertiary alicyclic amines) is 1. The Hall–Kier alpha value is -2.94. The Labute approximate surface area is 180 Å². The predicted octanol–water partition coefficient (Wildman–Crippen LogP) is 1.06. The molecule has 166 valence electrons. The molecular weight excluding hydrogens is 400 g/mol. The summed E-state index contributed by atoms with van der Waals surface area (Å²) < 4.78 is 0. The van der Waals surface area contributed by atoms with E-state index in [4.69, 9.17) is 0 Å². The van der Waals surface area contributed by atoms with Crippen LogP contribution in [0, 0.1) is 11.3 Å². The van der Waals surface area contributed by atoms with Gasteiger partial charge in [0.25, 0.3) is 5.91 Å². The summed E-state index contributed by atoms with van der Waals surface area (Å²) in [7, 11) is 2.14. The largest absolute Gasteiger partial charge is 0.478 e. The Balaban J connectivity index is 1.40. The van der Waals surface area contributed by atoms with E-state index in [0.29, 0.717) is 23.6 Å². The van der Waals surface area contributed by atoms with E-state index in [1.54, 1.807) is 12.1 Å². The molecule has 9 nitrogen and oxygen atoms in total. The Morgan fingerprint density at radius 1 is 1.26 bits per heavy atom. The van der Waals surface area contributed by atoms with Gasteiger partial charge in [-0.1, -0.05) is 6.07 Å². The maximum Gasteiger partial charge on any atom is 0.336 e. The molecule has 0 bridgehead atoms. The van der Waals surface area contributed by atoms with Crippen LogP contribution in [0.4, 0.5) is 5.69 Å². The molecule has 1 saturated carbocycles. The van der Waals surface area contributed by atoms with Crippen molar-refractivity contribution in [3.05, 3.63) is 29.3 Å². The van der Waals surface area contributed by atoms with Crippen LogP contribution in [-0.2, 0) is 9.59 Å². The Morgan fingerprint density at radius 3 is 2.65 bits per heavy atom. The van der Waals surface area contributed by atoms with Crippen LogP contribution in [0.1, 0.15) is 52.8 Å². The molecule has 1 aromatic carbocycles. The van der Waals surface area contributed by atoms with E-state index in [1.165, 1.54) is 32.0 Å². The number of benzene rings is 1. The first-order valence-corrected chi connectivity index (χ1v) is 10.7. The molecule has 2 heterocycles. The zero-order valence-corrected chi connectivity index (χ0v) is 17.6. The minimum atomic E-state index is -1.22. The zero-order chi connectivity index (χ0) is 22.2. The lowest BCUT2D eigenvalue weighted by atomic mass is 9.57. The average Bonchev–Trinajstić information content (AvgIpc) is 2.66. The molecule has 31 heavy (non-hydrogen) atoms. The summed E-state index contributed by atoms with van der Waals surface area (Å²) in [4.78, 5) is 50.3. The monoisotopic (exact) mass is 428 g/mol. The van der Waals surface area contributed by atoms with Crippen LogP contribution in [0.3, 0.4) is 0 Å². The molecule has 1 aromatic rings. The van der Waals surface area contributed by atoms with E-state index in [-0.39, 0.29) is 29.9 Å². The molecule has 1 spiro atoms.